The van der Waals surface area contributed by atoms with Gasteiger partial charge < -0.3 is 13.9 Å². The van der Waals surface area contributed by atoms with Crippen molar-refractivity contribution in [2.45, 2.75) is 38.0 Å². The van der Waals surface area contributed by atoms with Crippen LogP contribution in [0.5, 0.6) is 11.5 Å². The van der Waals surface area contributed by atoms with E-state index in [0.29, 0.717) is 22.4 Å². The van der Waals surface area contributed by atoms with Gasteiger partial charge in [-0.05, 0) is 37.1 Å². The van der Waals surface area contributed by atoms with Gasteiger partial charge in [0.2, 0.25) is 0 Å². The predicted molar refractivity (Wildman–Crippen MR) is 97.2 cm³/mol. The number of aromatic nitrogens is 2. The van der Waals surface area contributed by atoms with E-state index in [2.05, 4.69) is 14.9 Å². The number of thioether (sulfide) groups is 1. The first-order chi connectivity index (χ1) is 13.0. The number of hydrogen-bond acceptors (Lipinski definition) is 6. The van der Waals surface area contributed by atoms with Crippen molar-refractivity contribution >= 4 is 11.8 Å². The van der Waals surface area contributed by atoms with Crippen LogP contribution in [0.15, 0.2) is 52.1 Å². The number of hydrogen-bond donors (Lipinski definition) is 0. The second kappa shape index (κ2) is 8.85. The molecule has 0 aliphatic rings. The summed E-state index contributed by atoms with van der Waals surface area (Å²) in [7, 11) is 0. The summed E-state index contributed by atoms with van der Waals surface area (Å²) in [6.45, 7) is 1.24. The molecule has 1 aromatic heterocycles. The summed E-state index contributed by atoms with van der Waals surface area (Å²) in [5.74, 6) is 1.61. The molecule has 0 bridgehead atoms. The summed E-state index contributed by atoms with van der Waals surface area (Å²) in [4.78, 5) is 0. The van der Waals surface area contributed by atoms with Gasteiger partial charge in [0.25, 0.3) is 11.1 Å². The number of ether oxygens (including phenoxy) is 2. The lowest BCUT2D eigenvalue weighted by molar-refractivity contribution is -0.0503. The summed E-state index contributed by atoms with van der Waals surface area (Å²) in [5, 5.41) is 8.24. The molecule has 0 spiro atoms. The summed E-state index contributed by atoms with van der Waals surface area (Å²) in [6, 6.07) is 12.6. The third-order valence-electron chi connectivity index (χ3n) is 3.68. The van der Waals surface area contributed by atoms with Gasteiger partial charge in [-0.1, -0.05) is 42.1 Å². The molecule has 8 heteroatoms. The first-order valence-electron chi connectivity index (χ1n) is 8.19. The lowest BCUT2D eigenvalue weighted by Gasteiger charge is -2.09. The SMILES string of the molecule is Cc1ccc(C)c(OCc2nnc(SCc3ccccc3OC(F)F)o2)c1. The number of aryl methyl sites for hydroxylation is 2. The first kappa shape index (κ1) is 19.2. The summed E-state index contributed by atoms with van der Waals surface area (Å²) < 4.78 is 40.7. The molecule has 0 unspecified atom stereocenters. The molecule has 0 saturated carbocycles. The van der Waals surface area contributed by atoms with Crippen LogP contribution in [0.2, 0.25) is 0 Å². The van der Waals surface area contributed by atoms with Crippen molar-refractivity contribution in [3.8, 4) is 11.5 Å². The molecule has 0 amide bonds. The number of para-hydroxylation sites is 1. The Balaban J connectivity index is 1.58. The maximum Gasteiger partial charge on any atom is 0.387 e. The average molecular weight is 392 g/mol. The lowest BCUT2D eigenvalue weighted by atomic mass is 10.1. The van der Waals surface area contributed by atoms with E-state index >= 15 is 0 Å². The molecule has 0 fully saturated rings. The normalized spacial score (nSPS) is 11.0. The van der Waals surface area contributed by atoms with Crippen LogP contribution in [0.3, 0.4) is 0 Å². The zero-order valence-electron chi connectivity index (χ0n) is 14.8. The van der Waals surface area contributed by atoms with Gasteiger partial charge >= 0.3 is 6.61 Å². The minimum Gasteiger partial charge on any atom is -0.484 e. The van der Waals surface area contributed by atoms with Gasteiger partial charge in [-0.2, -0.15) is 8.78 Å². The topological polar surface area (TPSA) is 57.4 Å². The molecule has 142 valence electrons. The molecular formula is C19H18F2N2O3S. The Morgan fingerprint density at radius 1 is 1.07 bits per heavy atom. The highest BCUT2D eigenvalue weighted by atomic mass is 32.2. The second-order valence-electron chi connectivity index (χ2n) is 5.79. The van der Waals surface area contributed by atoms with E-state index in [0.717, 1.165) is 16.9 Å². The molecule has 5 nitrogen and oxygen atoms in total. The Bertz CT molecular complexity index is 902. The van der Waals surface area contributed by atoms with Gasteiger partial charge in [-0.25, -0.2) is 0 Å². The van der Waals surface area contributed by atoms with Gasteiger partial charge in [0.05, 0.1) is 0 Å². The summed E-state index contributed by atoms with van der Waals surface area (Å²) in [6.07, 6.45) is 0. The number of halogens is 2. The number of benzene rings is 2. The number of nitrogens with zero attached hydrogens (tertiary/aromatic N) is 2. The van der Waals surface area contributed by atoms with Crippen LogP contribution in [0, 0.1) is 13.8 Å². The highest BCUT2D eigenvalue weighted by molar-refractivity contribution is 7.98. The Hall–Kier alpha value is -2.61. The molecule has 1 heterocycles. The predicted octanol–water partition coefficient (Wildman–Crippen LogP) is 5.16. The third kappa shape index (κ3) is 5.43. The van der Waals surface area contributed by atoms with Gasteiger partial charge in [-0.3, -0.25) is 0 Å². The average Bonchev–Trinajstić information content (AvgIpc) is 3.09. The number of rotatable bonds is 8. The van der Waals surface area contributed by atoms with Crippen molar-refractivity contribution < 1.29 is 22.7 Å². The molecule has 27 heavy (non-hydrogen) atoms. The first-order valence-corrected chi connectivity index (χ1v) is 9.18. The molecule has 0 atom stereocenters. The molecule has 0 radical (unpaired) electrons. The van der Waals surface area contributed by atoms with E-state index in [1.165, 1.54) is 17.8 Å². The fraction of sp³-hybridized carbons (Fsp3) is 0.263. The minimum atomic E-state index is -2.87. The molecule has 0 N–H and O–H groups in total. The van der Waals surface area contributed by atoms with Crippen LogP contribution in [-0.4, -0.2) is 16.8 Å². The van der Waals surface area contributed by atoms with Crippen molar-refractivity contribution in [1.29, 1.82) is 0 Å². The van der Waals surface area contributed by atoms with Gasteiger partial charge in [0, 0.05) is 11.3 Å². The molecule has 0 saturated heterocycles. The van der Waals surface area contributed by atoms with E-state index in [1.807, 2.05) is 32.0 Å². The maximum atomic E-state index is 12.5. The van der Waals surface area contributed by atoms with Crippen LogP contribution in [-0.2, 0) is 12.4 Å². The maximum absolute atomic E-state index is 12.5. The van der Waals surface area contributed by atoms with Crippen molar-refractivity contribution in [1.82, 2.24) is 10.2 Å². The fourth-order valence-electron chi connectivity index (χ4n) is 2.33. The van der Waals surface area contributed by atoms with E-state index in [-0.39, 0.29) is 12.4 Å². The van der Waals surface area contributed by atoms with Gasteiger partial charge in [-0.15, -0.1) is 10.2 Å². The molecule has 0 aliphatic heterocycles. The van der Waals surface area contributed by atoms with Crippen LogP contribution in [0.25, 0.3) is 0 Å². The quantitative estimate of drug-likeness (QED) is 0.494. The minimum absolute atomic E-state index is 0.137. The molecule has 2 aromatic carbocycles. The Kier molecular flexibility index (Phi) is 6.28. The zero-order chi connectivity index (χ0) is 19.2. The van der Waals surface area contributed by atoms with Crippen molar-refractivity contribution in [3.63, 3.8) is 0 Å². The van der Waals surface area contributed by atoms with Gasteiger partial charge in [0.1, 0.15) is 11.5 Å². The zero-order valence-corrected chi connectivity index (χ0v) is 15.6. The van der Waals surface area contributed by atoms with E-state index < -0.39 is 6.61 Å². The monoisotopic (exact) mass is 392 g/mol. The van der Waals surface area contributed by atoms with Crippen molar-refractivity contribution in [3.05, 3.63) is 65.0 Å². The number of alkyl halides is 2. The van der Waals surface area contributed by atoms with Crippen LogP contribution < -0.4 is 9.47 Å². The van der Waals surface area contributed by atoms with Crippen LogP contribution >= 0.6 is 11.8 Å². The highest BCUT2D eigenvalue weighted by Crippen LogP contribution is 2.28. The Labute approximate surface area is 159 Å². The molecule has 0 aliphatic carbocycles. The summed E-state index contributed by atoms with van der Waals surface area (Å²) >= 11 is 1.24. The van der Waals surface area contributed by atoms with Gasteiger partial charge in [0.15, 0.2) is 6.61 Å². The molecule has 3 aromatic rings. The fourth-order valence-corrected chi connectivity index (χ4v) is 3.10. The third-order valence-corrected chi connectivity index (χ3v) is 4.55. The lowest BCUT2D eigenvalue weighted by Crippen LogP contribution is -2.03. The van der Waals surface area contributed by atoms with E-state index in [9.17, 15) is 8.78 Å². The Morgan fingerprint density at radius 2 is 1.89 bits per heavy atom. The van der Waals surface area contributed by atoms with Crippen LogP contribution in [0.4, 0.5) is 8.78 Å². The van der Waals surface area contributed by atoms with E-state index in [4.69, 9.17) is 9.15 Å². The van der Waals surface area contributed by atoms with Crippen molar-refractivity contribution in [2.75, 3.05) is 0 Å². The second-order valence-corrected chi connectivity index (χ2v) is 6.72. The van der Waals surface area contributed by atoms with Crippen molar-refractivity contribution in [2.24, 2.45) is 0 Å². The molecular weight excluding hydrogens is 374 g/mol. The Morgan fingerprint density at radius 3 is 2.70 bits per heavy atom. The van der Waals surface area contributed by atoms with Crippen LogP contribution in [0.1, 0.15) is 22.6 Å². The summed E-state index contributed by atoms with van der Waals surface area (Å²) in [5.41, 5.74) is 2.74. The van der Waals surface area contributed by atoms with E-state index in [1.54, 1.807) is 18.2 Å². The standard InChI is InChI=1S/C19H18F2N2O3S/c1-12-7-8-13(2)16(9-12)24-10-17-22-23-19(26-17)27-11-14-5-3-4-6-15(14)25-18(20)21/h3-9,18H,10-11H2,1-2H3. The smallest absolute Gasteiger partial charge is 0.387 e. The highest BCUT2D eigenvalue weighted by Gasteiger charge is 2.12. The molecule has 3 rings (SSSR count). The largest absolute Gasteiger partial charge is 0.484 e.